The summed E-state index contributed by atoms with van der Waals surface area (Å²) in [6.45, 7) is 0. The number of nitrogens with zero attached hydrogens (tertiary/aromatic N) is 4. The van der Waals surface area contributed by atoms with Crippen molar-refractivity contribution in [2.75, 3.05) is 10.6 Å². The van der Waals surface area contributed by atoms with Crippen molar-refractivity contribution in [3.8, 4) is 6.19 Å². The molecule has 2 aromatic heterocycles. The Balaban J connectivity index is 1.34. The first-order valence-corrected chi connectivity index (χ1v) is 10.1. The van der Waals surface area contributed by atoms with Gasteiger partial charge < -0.3 is 21.4 Å². The lowest BCUT2D eigenvalue weighted by atomic mass is 9.96. The van der Waals surface area contributed by atoms with Crippen LogP contribution in [0.25, 0.3) is 0 Å². The maximum Gasteiger partial charge on any atom is 0.242 e. The van der Waals surface area contributed by atoms with Crippen molar-refractivity contribution in [2.24, 2.45) is 22.6 Å². The number of hydrogen-bond donors (Lipinski definition) is 5. The molecule has 10 heteroatoms. The van der Waals surface area contributed by atoms with Crippen molar-refractivity contribution >= 4 is 23.4 Å². The topological polar surface area (TPSA) is 157 Å². The van der Waals surface area contributed by atoms with Crippen molar-refractivity contribution < 1.29 is 4.79 Å². The highest BCUT2D eigenvalue weighted by molar-refractivity contribution is 5.96. The number of carbonyl (C=O) groups excluding carboxylic acids is 1. The highest BCUT2D eigenvalue weighted by atomic mass is 16.2. The highest BCUT2D eigenvalue weighted by Crippen LogP contribution is 2.45. The van der Waals surface area contributed by atoms with Crippen LogP contribution < -0.4 is 21.7 Å². The molecule has 30 heavy (non-hydrogen) atoms. The summed E-state index contributed by atoms with van der Waals surface area (Å²) in [5.41, 5.74) is 7.39. The lowest BCUT2D eigenvalue weighted by Crippen LogP contribution is -2.37. The van der Waals surface area contributed by atoms with Crippen LogP contribution in [0, 0.1) is 23.3 Å². The number of hydrogen-bond acceptors (Lipinski definition) is 6. The van der Waals surface area contributed by atoms with E-state index in [1.165, 1.54) is 19.3 Å². The Kier molecular flexibility index (Phi) is 5.90. The fraction of sp³-hybridized carbons (Fsp3) is 0.450. The van der Waals surface area contributed by atoms with Crippen LogP contribution in [0.2, 0.25) is 0 Å². The molecule has 4 atom stereocenters. The predicted octanol–water partition coefficient (Wildman–Crippen LogP) is 1.34. The van der Waals surface area contributed by atoms with Crippen LogP contribution in [0.15, 0.2) is 35.8 Å². The molecule has 2 bridgehead atoms. The van der Waals surface area contributed by atoms with E-state index in [2.05, 4.69) is 30.9 Å². The first kappa shape index (κ1) is 19.8. The number of H-pyrrole nitrogens is 1. The van der Waals surface area contributed by atoms with E-state index in [0.29, 0.717) is 29.8 Å². The number of nitrogens with two attached hydrogens (primary N) is 1. The van der Waals surface area contributed by atoms with Gasteiger partial charge in [-0.25, -0.2) is 15.0 Å². The van der Waals surface area contributed by atoms with E-state index < -0.39 is 6.04 Å². The maximum atomic E-state index is 12.3. The number of rotatable bonds is 6. The van der Waals surface area contributed by atoms with Gasteiger partial charge in [-0.2, -0.15) is 5.26 Å². The largest absolute Gasteiger partial charge is 0.348 e. The van der Waals surface area contributed by atoms with Gasteiger partial charge in [0.05, 0.1) is 30.3 Å². The molecule has 0 saturated heterocycles. The average molecular weight is 407 g/mol. The molecular weight excluding hydrogens is 382 g/mol. The SMILES string of the molecule is N#CNC(=N[C@H]1C[C@@H]2CC[C@H]1C2)Nc1ccc(NC(=O)[C@@H](N)Cc2cnc[nH]2)nc1. The molecule has 4 rings (SSSR count). The Bertz CT molecular complexity index is 932. The number of amides is 1. The zero-order valence-corrected chi connectivity index (χ0v) is 16.5. The molecule has 2 saturated carbocycles. The Morgan fingerprint density at radius 2 is 2.23 bits per heavy atom. The van der Waals surface area contributed by atoms with Gasteiger partial charge in [0.25, 0.3) is 0 Å². The van der Waals surface area contributed by atoms with Crippen LogP contribution in [0.3, 0.4) is 0 Å². The van der Waals surface area contributed by atoms with Crippen LogP contribution in [0.5, 0.6) is 0 Å². The number of fused-ring (bicyclic) bond motifs is 2. The molecule has 0 unspecified atom stereocenters. The Morgan fingerprint density at radius 1 is 1.33 bits per heavy atom. The van der Waals surface area contributed by atoms with Gasteiger partial charge in [0.2, 0.25) is 11.9 Å². The van der Waals surface area contributed by atoms with Gasteiger partial charge in [0.1, 0.15) is 5.82 Å². The summed E-state index contributed by atoms with van der Waals surface area (Å²) in [5.74, 6) is 1.88. The second kappa shape index (κ2) is 8.92. The second-order valence-electron chi connectivity index (χ2n) is 7.89. The lowest BCUT2D eigenvalue weighted by molar-refractivity contribution is -0.117. The maximum absolute atomic E-state index is 12.3. The Hall–Kier alpha value is -3.45. The number of anilines is 2. The summed E-state index contributed by atoms with van der Waals surface area (Å²) >= 11 is 0. The quantitative estimate of drug-likeness (QED) is 0.209. The van der Waals surface area contributed by atoms with Crippen LogP contribution in [-0.4, -0.2) is 38.9 Å². The smallest absolute Gasteiger partial charge is 0.242 e. The van der Waals surface area contributed by atoms with Crippen molar-refractivity contribution in [1.82, 2.24) is 20.3 Å². The first-order chi connectivity index (χ1) is 14.6. The monoisotopic (exact) mass is 407 g/mol. The molecule has 156 valence electrons. The summed E-state index contributed by atoms with van der Waals surface area (Å²) in [6.07, 6.45) is 11.9. The van der Waals surface area contributed by atoms with Crippen molar-refractivity contribution in [3.05, 3.63) is 36.5 Å². The number of aliphatic imine (C=N–C) groups is 1. The molecule has 0 aliphatic heterocycles. The minimum atomic E-state index is -0.717. The number of imidazole rings is 1. The zero-order chi connectivity index (χ0) is 20.9. The Labute approximate surface area is 174 Å². The first-order valence-electron chi connectivity index (χ1n) is 10.1. The minimum Gasteiger partial charge on any atom is -0.348 e. The molecule has 10 nitrogen and oxygen atoms in total. The second-order valence-corrected chi connectivity index (χ2v) is 7.89. The zero-order valence-electron chi connectivity index (χ0n) is 16.5. The van der Waals surface area contributed by atoms with E-state index in [0.717, 1.165) is 18.0 Å². The number of aromatic amines is 1. The third-order valence-corrected chi connectivity index (χ3v) is 5.78. The van der Waals surface area contributed by atoms with Gasteiger partial charge in [-0.05, 0) is 43.2 Å². The van der Waals surface area contributed by atoms with Gasteiger partial charge in [0.15, 0.2) is 6.19 Å². The fourth-order valence-corrected chi connectivity index (χ4v) is 4.31. The third-order valence-electron chi connectivity index (χ3n) is 5.78. The molecule has 0 spiro atoms. The van der Waals surface area contributed by atoms with Gasteiger partial charge >= 0.3 is 0 Å². The number of aromatic nitrogens is 3. The van der Waals surface area contributed by atoms with Gasteiger partial charge in [-0.3, -0.25) is 10.1 Å². The lowest BCUT2D eigenvalue weighted by Gasteiger charge is -2.19. The molecule has 0 radical (unpaired) electrons. The molecule has 0 aromatic carbocycles. The molecule has 2 aromatic rings. The standard InChI is InChI=1S/C20H25N9O/c21-10-25-20(28-17-6-12-1-2-13(17)5-12)27-14-3-4-18(24-9-14)29-19(30)16(22)7-15-8-23-11-26-15/h3-4,8-9,11-13,16-17H,1-2,5-7,22H2,(H,23,26)(H,24,29,30)(H2,25,27,28)/t12-,13+,16+,17+/m1/s1. The van der Waals surface area contributed by atoms with E-state index in [1.807, 2.05) is 6.19 Å². The summed E-state index contributed by atoms with van der Waals surface area (Å²) in [4.78, 5) is 28.1. The van der Waals surface area contributed by atoms with Crippen LogP contribution in [0.1, 0.15) is 31.4 Å². The van der Waals surface area contributed by atoms with Crippen molar-refractivity contribution in [1.29, 1.82) is 5.26 Å². The van der Waals surface area contributed by atoms with Gasteiger partial charge in [0, 0.05) is 18.3 Å². The summed E-state index contributed by atoms with van der Waals surface area (Å²) in [7, 11) is 0. The van der Waals surface area contributed by atoms with Crippen molar-refractivity contribution in [2.45, 2.75) is 44.2 Å². The number of pyridine rings is 1. The number of nitriles is 1. The average Bonchev–Trinajstić information content (AvgIpc) is 3.48. The molecule has 2 aliphatic carbocycles. The molecule has 2 aliphatic rings. The molecule has 1 amide bonds. The van der Waals surface area contributed by atoms with E-state index in [4.69, 9.17) is 16.0 Å². The fourth-order valence-electron chi connectivity index (χ4n) is 4.31. The number of carbonyl (C=O) groups is 1. The number of nitrogens with one attached hydrogen (secondary N) is 4. The predicted molar refractivity (Wildman–Crippen MR) is 112 cm³/mol. The summed E-state index contributed by atoms with van der Waals surface area (Å²) in [5, 5.41) is 17.5. The Morgan fingerprint density at radius 3 is 2.87 bits per heavy atom. The van der Waals surface area contributed by atoms with Gasteiger partial charge in [-0.1, -0.05) is 6.42 Å². The van der Waals surface area contributed by atoms with Crippen LogP contribution >= 0.6 is 0 Å². The van der Waals surface area contributed by atoms with E-state index in [1.54, 1.807) is 30.9 Å². The van der Waals surface area contributed by atoms with E-state index in [9.17, 15) is 4.79 Å². The van der Waals surface area contributed by atoms with E-state index >= 15 is 0 Å². The van der Waals surface area contributed by atoms with Crippen LogP contribution in [-0.2, 0) is 11.2 Å². The third kappa shape index (κ3) is 4.75. The highest BCUT2D eigenvalue weighted by Gasteiger charge is 2.39. The minimum absolute atomic E-state index is 0.259. The number of guanidine groups is 1. The normalized spacial score (nSPS) is 23.6. The molecular formula is C20H25N9O. The molecule has 2 fully saturated rings. The summed E-state index contributed by atoms with van der Waals surface area (Å²) < 4.78 is 0. The molecule has 6 N–H and O–H groups in total. The molecule has 2 heterocycles. The van der Waals surface area contributed by atoms with Crippen molar-refractivity contribution in [3.63, 3.8) is 0 Å². The van der Waals surface area contributed by atoms with Crippen LogP contribution in [0.4, 0.5) is 11.5 Å². The van der Waals surface area contributed by atoms with Gasteiger partial charge in [-0.15, -0.1) is 0 Å². The van der Waals surface area contributed by atoms with E-state index in [-0.39, 0.29) is 11.9 Å². The summed E-state index contributed by atoms with van der Waals surface area (Å²) in [6, 6.07) is 2.98.